The summed E-state index contributed by atoms with van der Waals surface area (Å²) in [6.07, 6.45) is 0. The summed E-state index contributed by atoms with van der Waals surface area (Å²) in [6.45, 7) is 6.03. The van der Waals surface area contributed by atoms with E-state index in [9.17, 15) is 9.59 Å². The van der Waals surface area contributed by atoms with E-state index in [4.69, 9.17) is 5.26 Å². The van der Waals surface area contributed by atoms with Crippen molar-refractivity contribution in [3.05, 3.63) is 29.8 Å². The normalized spacial score (nSPS) is 16.7. The number of benzene rings is 1. The van der Waals surface area contributed by atoms with Crippen LogP contribution in [0, 0.1) is 11.3 Å². The Morgan fingerprint density at radius 3 is 2.45 bits per heavy atom. The average Bonchev–Trinajstić information content (AvgIpc) is 2.54. The molecule has 6 heteroatoms. The van der Waals surface area contributed by atoms with Gasteiger partial charge in [-0.1, -0.05) is 12.1 Å². The van der Waals surface area contributed by atoms with Gasteiger partial charge in [0.05, 0.1) is 17.3 Å². The Kier molecular flexibility index (Phi) is 5.12. The van der Waals surface area contributed by atoms with Crippen LogP contribution in [0.1, 0.15) is 19.4 Å². The van der Waals surface area contributed by atoms with Crippen molar-refractivity contribution in [2.75, 3.05) is 31.5 Å². The molecule has 1 heterocycles. The van der Waals surface area contributed by atoms with E-state index in [0.29, 0.717) is 37.4 Å². The molecule has 0 saturated carbocycles. The van der Waals surface area contributed by atoms with E-state index in [2.05, 4.69) is 11.4 Å². The molecule has 1 aromatic carbocycles. The molecule has 1 aliphatic rings. The van der Waals surface area contributed by atoms with Crippen molar-refractivity contribution >= 4 is 17.5 Å². The number of hydrogen-bond acceptors (Lipinski definition) is 4. The van der Waals surface area contributed by atoms with Crippen molar-refractivity contribution in [3.8, 4) is 6.07 Å². The number of carbonyl (C=O) groups excluding carboxylic acids is 2. The maximum atomic E-state index is 12.4. The van der Waals surface area contributed by atoms with Crippen LogP contribution >= 0.6 is 0 Å². The number of carbonyl (C=O) groups is 2. The lowest BCUT2D eigenvalue weighted by Gasteiger charge is -2.37. The summed E-state index contributed by atoms with van der Waals surface area (Å²) < 4.78 is 0. The zero-order valence-corrected chi connectivity index (χ0v) is 12.9. The second-order valence-corrected chi connectivity index (χ2v) is 5.36. The predicted molar refractivity (Wildman–Crippen MR) is 83.1 cm³/mol. The monoisotopic (exact) mass is 300 g/mol. The smallest absolute Gasteiger partial charge is 0.241 e. The highest BCUT2D eigenvalue weighted by Gasteiger charge is 2.26. The summed E-state index contributed by atoms with van der Waals surface area (Å²) in [7, 11) is 0. The molecule has 116 valence electrons. The molecule has 1 aliphatic heterocycles. The molecule has 22 heavy (non-hydrogen) atoms. The van der Waals surface area contributed by atoms with Crippen LogP contribution in [-0.4, -0.2) is 53.8 Å². The van der Waals surface area contributed by atoms with E-state index >= 15 is 0 Å². The van der Waals surface area contributed by atoms with Gasteiger partial charge in [0, 0.05) is 33.1 Å². The Morgan fingerprint density at radius 2 is 1.86 bits per heavy atom. The maximum absolute atomic E-state index is 12.4. The van der Waals surface area contributed by atoms with Crippen LogP contribution in [0.5, 0.6) is 0 Å². The molecule has 1 aromatic rings. The van der Waals surface area contributed by atoms with Crippen molar-refractivity contribution in [2.24, 2.45) is 0 Å². The molecule has 0 radical (unpaired) electrons. The summed E-state index contributed by atoms with van der Waals surface area (Å²) in [5, 5.41) is 11.9. The first-order valence-corrected chi connectivity index (χ1v) is 7.32. The van der Waals surface area contributed by atoms with Gasteiger partial charge in [0.15, 0.2) is 0 Å². The van der Waals surface area contributed by atoms with E-state index in [1.807, 2.05) is 11.8 Å². The summed E-state index contributed by atoms with van der Waals surface area (Å²) >= 11 is 0. The Bertz CT molecular complexity index is 600. The Labute approximate surface area is 130 Å². The summed E-state index contributed by atoms with van der Waals surface area (Å²) in [6, 6.07) is 8.70. The first-order valence-electron chi connectivity index (χ1n) is 7.32. The van der Waals surface area contributed by atoms with Gasteiger partial charge in [-0.15, -0.1) is 0 Å². The zero-order valence-electron chi connectivity index (χ0n) is 12.9. The fourth-order valence-corrected chi connectivity index (χ4v) is 2.52. The molecule has 2 rings (SSSR count). The minimum atomic E-state index is -0.305. The highest BCUT2D eigenvalue weighted by Crippen LogP contribution is 2.15. The number of amides is 2. The second-order valence-electron chi connectivity index (χ2n) is 5.36. The van der Waals surface area contributed by atoms with Crippen molar-refractivity contribution < 1.29 is 9.59 Å². The standard InChI is InChI=1S/C16H20N4O2/c1-12(19-7-9-20(10-8-19)13(2)21)16(22)18-15-6-4-3-5-14(15)11-17/h3-6,12H,7-10H2,1-2H3,(H,18,22). The van der Waals surface area contributed by atoms with Crippen molar-refractivity contribution in [3.63, 3.8) is 0 Å². The van der Waals surface area contributed by atoms with Gasteiger partial charge in [-0.3, -0.25) is 14.5 Å². The van der Waals surface area contributed by atoms with Crippen molar-refractivity contribution in [1.29, 1.82) is 5.26 Å². The van der Waals surface area contributed by atoms with Crippen LogP contribution in [0.4, 0.5) is 5.69 Å². The predicted octanol–water partition coefficient (Wildman–Crippen LogP) is 1.05. The molecule has 1 atom stereocenters. The zero-order chi connectivity index (χ0) is 16.1. The van der Waals surface area contributed by atoms with Gasteiger partial charge in [-0.2, -0.15) is 5.26 Å². The third kappa shape index (κ3) is 3.62. The lowest BCUT2D eigenvalue weighted by Crippen LogP contribution is -2.53. The second kappa shape index (κ2) is 7.05. The van der Waals surface area contributed by atoms with Gasteiger partial charge >= 0.3 is 0 Å². The Hall–Kier alpha value is -2.39. The van der Waals surface area contributed by atoms with Gasteiger partial charge in [0.1, 0.15) is 6.07 Å². The lowest BCUT2D eigenvalue weighted by molar-refractivity contribution is -0.131. The molecular formula is C16H20N4O2. The van der Waals surface area contributed by atoms with Crippen LogP contribution in [0.2, 0.25) is 0 Å². The molecule has 1 N–H and O–H groups in total. The molecular weight excluding hydrogens is 280 g/mol. The fraction of sp³-hybridized carbons (Fsp3) is 0.438. The molecule has 0 aliphatic carbocycles. The number of nitrogens with one attached hydrogen (secondary N) is 1. The molecule has 0 bridgehead atoms. The summed E-state index contributed by atoms with van der Waals surface area (Å²) in [4.78, 5) is 27.5. The number of nitrogens with zero attached hydrogens (tertiary/aromatic N) is 3. The van der Waals surface area contributed by atoms with Gasteiger partial charge in [-0.05, 0) is 19.1 Å². The maximum Gasteiger partial charge on any atom is 0.241 e. The van der Waals surface area contributed by atoms with Gasteiger partial charge < -0.3 is 10.2 Å². The molecule has 0 spiro atoms. The number of piperazine rings is 1. The van der Waals surface area contributed by atoms with E-state index in [-0.39, 0.29) is 17.9 Å². The summed E-state index contributed by atoms with van der Waals surface area (Å²) in [5.41, 5.74) is 0.980. The minimum Gasteiger partial charge on any atom is -0.340 e. The Balaban J connectivity index is 1.96. The van der Waals surface area contributed by atoms with E-state index < -0.39 is 0 Å². The minimum absolute atomic E-state index is 0.0692. The van der Waals surface area contributed by atoms with Crippen LogP contribution in [0.15, 0.2) is 24.3 Å². The highest BCUT2D eigenvalue weighted by atomic mass is 16.2. The SMILES string of the molecule is CC(=O)N1CCN(C(C)C(=O)Nc2ccccc2C#N)CC1. The van der Waals surface area contributed by atoms with Crippen molar-refractivity contribution in [2.45, 2.75) is 19.9 Å². The van der Waals surface area contributed by atoms with Gasteiger partial charge in [0.25, 0.3) is 0 Å². The van der Waals surface area contributed by atoms with E-state index in [1.54, 1.807) is 36.1 Å². The first kappa shape index (κ1) is 16.0. The molecule has 6 nitrogen and oxygen atoms in total. The lowest BCUT2D eigenvalue weighted by atomic mass is 10.1. The number of nitriles is 1. The summed E-state index contributed by atoms with van der Waals surface area (Å²) in [5.74, 6) is -0.0707. The molecule has 1 fully saturated rings. The van der Waals surface area contributed by atoms with Crippen LogP contribution in [0.3, 0.4) is 0 Å². The van der Waals surface area contributed by atoms with Gasteiger partial charge in [0.2, 0.25) is 11.8 Å². The van der Waals surface area contributed by atoms with Crippen LogP contribution < -0.4 is 5.32 Å². The number of hydrogen-bond donors (Lipinski definition) is 1. The molecule has 2 amide bonds. The van der Waals surface area contributed by atoms with Gasteiger partial charge in [-0.25, -0.2) is 0 Å². The molecule has 1 unspecified atom stereocenters. The van der Waals surface area contributed by atoms with E-state index in [0.717, 1.165) is 0 Å². The van der Waals surface area contributed by atoms with E-state index in [1.165, 1.54) is 0 Å². The first-order chi connectivity index (χ1) is 10.5. The third-order valence-corrected chi connectivity index (χ3v) is 3.99. The average molecular weight is 300 g/mol. The fourth-order valence-electron chi connectivity index (χ4n) is 2.52. The largest absolute Gasteiger partial charge is 0.340 e. The number of anilines is 1. The van der Waals surface area contributed by atoms with Crippen LogP contribution in [0.25, 0.3) is 0 Å². The molecule has 1 saturated heterocycles. The van der Waals surface area contributed by atoms with Crippen molar-refractivity contribution in [1.82, 2.24) is 9.80 Å². The topological polar surface area (TPSA) is 76.4 Å². The highest BCUT2D eigenvalue weighted by molar-refractivity contribution is 5.95. The quantitative estimate of drug-likeness (QED) is 0.905. The number of rotatable bonds is 3. The number of para-hydroxylation sites is 1. The molecule has 0 aromatic heterocycles. The third-order valence-electron chi connectivity index (χ3n) is 3.99. The Morgan fingerprint density at radius 1 is 1.23 bits per heavy atom. The van der Waals surface area contributed by atoms with Crippen LogP contribution in [-0.2, 0) is 9.59 Å².